The van der Waals surface area contributed by atoms with E-state index in [9.17, 15) is 14.7 Å². The van der Waals surface area contributed by atoms with Crippen molar-refractivity contribution in [2.24, 2.45) is 0 Å². The van der Waals surface area contributed by atoms with Crippen LogP contribution in [-0.2, 0) is 9.59 Å². The highest BCUT2D eigenvalue weighted by molar-refractivity contribution is 6.05. The summed E-state index contributed by atoms with van der Waals surface area (Å²) in [6, 6.07) is 12.0. The predicted octanol–water partition coefficient (Wildman–Crippen LogP) is 4.32. The lowest BCUT2D eigenvalue weighted by atomic mass is 9.85. The summed E-state index contributed by atoms with van der Waals surface area (Å²) >= 11 is 0. The summed E-state index contributed by atoms with van der Waals surface area (Å²) in [5, 5.41) is 13.6. The van der Waals surface area contributed by atoms with E-state index in [0.717, 1.165) is 35.5 Å². The zero-order chi connectivity index (χ0) is 20.5. The second-order valence-electron chi connectivity index (χ2n) is 7.26. The number of Topliss-reactive ketones (excluding diaryl/α,β-unsaturated/α-hetero) is 1. The fraction of sp³-hybridized carbons (Fsp3) is 0.304. The van der Waals surface area contributed by atoms with Crippen LogP contribution in [0.1, 0.15) is 44.7 Å². The lowest BCUT2D eigenvalue weighted by molar-refractivity contribution is -0.117. The van der Waals surface area contributed by atoms with Crippen LogP contribution in [0.15, 0.2) is 53.7 Å². The van der Waals surface area contributed by atoms with E-state index < -0.39 is 6.04 Å². The third-order valence-corrected chi connectivity index (χ3v) is 5.38. The Kier molecular flexibility index (Phi) is 5.01. The molecule has 2 aromatic rings. The zero-order valence-corrected chi connectivity index (χ0v) is 16.6. The van der Waals surface area contributed by atoms with Crippen molar-refractivity contribution in [1.82, 2.24) is 0 Å². The van der Waals surface area contributed by atoms with Gasteiger partial charge in [-0.05, 0) is 49.6 Å². The number of allylic oxidation sites excluding steroid dienone is 1. The molecule has 0 aromatic heterocycles. The summed E-state index contributed by atoms with van der Waals surface area (Å²) in [6.45, 7) is 3.74. The van der Waals surface area contributed by atoms with E-state index in [4.69, 9.17) is 4.74 Å². The smallest absolute Gasteiger partial charge is 0.224 e. The van der Waals surface area contributed by atoms with Crippen molar-refractivity contribution in [3.63, 3.8) is 0 Å². The number of amides is 1. The van der Waals surface area contributed by atoms with Crippen LogP contribution in [0.2, 0.25) is 0 Å². The third kappa shape index (κ3) is 3.35. The number of hydrogen-bond acceptors (Lipinski definition) is 5. The van der Waals surface area contributed by atoms with Gasteiger partial charge in [-0.1, -0.05) is 18.2 Å². The molecule has 0 fully saturated rings. The molecule has 4 rings (SSSR count). The van der Waals surface area contributed by atoms with Crippen LogP contribution < -0.4 is 15.0 Å². The standard InChI is InChI=1S/C23H24N2O4/c1-3-29-21-13-15(11-12-19(21)27)23-22-17(8-6-10-20(22)28)24-16-7-4-5-9-18(16)25(23)14(2)26/h4-5,7,9,11-13,23-24,27H,3,6,8,10H2,1-2H3. The molecule has 0 spiro atoms. The molecule has 2 N–H and O–H groups in total. The van der Waals surface area contributed by atoms with Gasteiger partial charge in [0.25, 0.3) is 0 Å². The lowest BCUT2D eigenvalue weighted by Crippen LogP contribution is -2.36. The average molecular weight is 392 g/mol. The van der Waals surface area contributed by atoms with Crippen LogP contribution in [0.3, 0.4) is 0 Å². The van der Waals surface area contributed by atoms with Crippen LogP contribution in [0.4, 0.5) is 11.4 Å². The number of nitrogens with one attached hydrogen (secondary N) is 1. The summed E-state index contributed by atoms with van der Waals surface area (Å²) in [4.78, 5) is 27.5. The molecule has 1 heterocycles. The Morgan fingerprint density at radius 1 is 1.24 bits per heavy atom. The Bertz CT molecular complexity index is 1010. The molecular weight excluding hydrogens is 368 g/mol. The number of fused-ring (bicyclic) bond motifs is 1. The van der Waals surface area contributed by atoms with E-state index in [1.165, 1.54) is 6.92 Å². The molecule has 6 nitrogen and oxygen atoms in total. The molecule has 0 bridgehead atoms. The average Bonchev–Trinajstić information content (AvgIpc) is 2.85. The van der Waals surface area contributed by atoms with E-state index in [1.807, 2.05) is 31.2 Å². The molecule has 2 aromatic carbocycles. The number of ketones is 1. The lowest BCUT2D eigenvalue weighted by Gasteiger charge is -2.33. The van der Waals surface area contributed by atoms with Crippen molar-refractivity contribution < 1.29 is 19.4 Å². The molecule has 0 saturated carbocycles. The van der Waals surface area contributed by atoms with E-state index in [-0.39, 0.29) is 17.4 Å². The molecule has 1 unspecified atom stereocenters. The molecular formula is C23H24N2O4. The van der Waals surface area contributed by atoms with Crippen LogP contribution in [0, 0.1) is 0 Å². The van der Waals surface area contributed by atoms with Gasteiger partial charge in [0.15, 0.2) is 17.3 Å². The Balaban J connectivity index is 1.97. The Hall–Kier alpha value is -3.28. The van der Waals surface area contributed by atoms with Gasteiger partial charge in [0.05, 0.1) is 24.0 Å². The number of phenolic OH excluding ortho intramolecular Hbond substituents is 1. The highest BCUT2D eigenvalue weighted by atomic mass is 16.5. The van der Waals surface area contributed by atoms with Crippen LogP contribution in [0.25, 0.3) is 0 Å². The van der Waals surface area contributed by atoms with Crippen molar-refractivity contribution in [3.8, 4) is 11.5 Å². The van der Waals surface area contributed by atoms with Gasteiger partial charge in [-0.25, -0.2) is 0 Å². The number of aromatic hydroxyl groups is 1. The Labute approximate surface area is 169 Å². The number of rotatable bonds is 3. The van der Waals surface area contributed by atoms with Gasteiger partial charge >= 0.3 is 0 Å². The van der Waals surface area contributed by atoms with Crippen molar-refractivity contribution in [1.29, 1.82) is 0 Å². The molecule has 1 aliphatic carbocycles. The monoisotopic (exact) mass is 392 g/mol. The number of carbonyl (C=O) groups is 2. The van der Waals surface area contributed by atoms with Crippen LogP contribution >= 0.6 is 0 Å². The normalized spacial score (nSPS) is 18.5. The first-order valence-electron chi connectivity index (χ1n) is 9.89. The van der Waals surface area contributed by atoms with Gasteiger partial charge in [0, 0.05) is 24.6 Å². The van der Waals surface area contributed by atoms with Gasteiger partial charge in [0.2, 0.25) is 5.91 Å². The molecule has 1 amide bonds. The quantitative estimate of drug-likeness (QED) is 0.813. The molecule has 1 aliphatic heterocycles. The minimum atomic E-state index is -0.591. The number of benzene rings is 2. The number of carbonyl (C=O) groups excluding carboxylic acids is 2. The van der Waals surface area contributed by atoms with E-state index in [1.54, 1.807) is 23.1 Å². The van der Waals surface area contributed by atoms with Gasteiger partial charge in [-0.15, -0.1) is 0 Å². The first kappa shape index (κ1) is 19.1. The van der Waals surface area contributed by atoms with Gasteiger partial charge < -0.3 is 15.2 Å². The number of phenols is 1. The fourth-order valence-corrected chi connectivity index (χ4v) is 4.17. The second-order valence-corrected chi connectivity index (χ2v) is 7.26. The SMILES string of the molecule is CCOc1cc(C2C3=C(CCCC3=O)Nc3ccccc3N2C(C)=O)ccc1O. The van der Waals surface area contributed by atoms with Crippen molar-refractivity contribution in [2.45, 2.75) is 39.2 Å². The largest absolute Gasteiger partial charge is 0.504 e. The number of nitrogens with zero attached hydrogens (tertiary/aromatic N) is 1. The van der Waals surface area contributed by atoms with Gasteiger partial charge in [-0.3, -0.25) is 14.5 Å². The maximum atomic E-state index is 13.0. The van der Waals surface area contributed by atoms with E-state index >= 15 is 0 Å². The molecule has 0 saturated heterocycles. The maximum Gasteiger partial charge on any atom is 0.224 e. The molecule has 29 heavy (non-hydrogen) atoms. The molecule has 2 aliphatic rings. The summed E-state index contributed by atoms with van der Waals surface area (Å²) < 4.78 is 5.56. The van der Waals surface area contributed by atoms with Gasteiger partial charge in [0.1, 0.15) is 0 Å². The summed E-state index contributed by atoms with van der Waals surface area (Å²) in [5.41, 5.74) is 3.71. The highest BCUT2D eigenvalue weighted by Gasteiger charge is 2.38. The maximum absolute atomic E-state index is 13.0. The number of para-hydroxylation sites is 2. The van der Waals surface area contributed by atoms with Crippen LogP contribution in [-0.4, -0.2) is 23.4 Å². The first-order valence-corrected chi connectivity index (χ1v) is 9.89. The zero-order valence-electron chi connectivity index (χ0n) is 16.6. The molecule has 1 atom stereocenters. The Morgan fingerprint density at radius 2 is 2.03 bits per heavy atom. The summed E-state index contributed by atoms with van der Waals surface area (Å²) in [7, 11) is 0. The van der Waals surface area contributed by atoms with Crippen molar-refractivity contribution in [2.75, 3.05) is 16.8 Å². The number of anilines is 2. The van der Waals surface area contributed by atoms with Crippen LogP contribution in [0.5, 0.6) is 11.5 Å². The minimum absolute atomic E-state index is 0.0290. The van der Waals surface area contributed by atoms with E-state index in [2.05, 4.69) is 5.32 Å². The fourth-order valence-electron chi connectivity index (χ4n) is 4.17. The third-order valence-electron chi connectivity index (χ3n) is 5.38. The predicted molar refractivity (Wildman–Crippen MR) is 111 cm³/mol. The van der Waals surface area contributed by atoms with Gasteiger partial charge in [-0.2, -0.15) is 0 Å². The molecule has 6 heteroatoms. The molecule has 150 valence electrons. The number of hydrogen-bond donors (Lipinski definition) is 2. The summed E-state index contributed by atoms with van der Waals surface area (Å²) in [5.74, 6) is 0.238. The van der Waals surface area contributed by atoms with Crippen molar-refractivity contribution >= 4 is 23.1 Å². The first-order chi connectivity index (χ1) is 14.0. The number of ether oxygens (including phenoxy) is 1. The topological polar surface area (TPSA) is 78.9 Å². The summed E-state index contributed by atoms with van der Waals surface area (Å²) in [6.07, 6.45) is 1.98. The Morgan fingerprint density at radius 3 is 2.79 bits per heavy atom. The molecule has 0 radical (unpaired) electrons. The highest BCUT2D eigenvalue weighted by Crippen LogP contribution is 2.45. The second kappa shape index (κ2) is 7.62. The minimum Gasteiger partial charge on any atom is -0.504 e. The van der Waals surface area contributed by atoms with Crippen molar-refractivity contribution in [3.05, 3.63) is 59.3 Å². The van der Waals surface area contributed by atoms with E-state index in [0.29, 0.717) is 24.4 Å².